The molecule has 0 spiro atoms. The van der Waals surface area contributed by atoms with Crippen molar-refractivity contribution >= 4 is 57.7 Å². The Morgan fingerprint density at radius 3 is 2.75 bits per heavy atom. The molecular weight excluding hydrogens is 479 g/mol. The van der Waals surface area contributed by atoms with E-state index in [1.54, 1.807) is 30.3 Å². The number of hydrogen-bond acceptors (Lipinski definition) is 9. The number of anilines is 1. The Hall–Kier alpha value is -3.61. The fraction of sp³-hybridized carbons (Fsp3) is 0.0556. The Bertz CT molecular complexity index is 1260. The van der Waals surface area contributed by atoms with Crippen molar-refractivity contribution in [1.29, 1.82) is 0 Å². The molecule has 11 nitrogen and oxygen atoms in total. The van der Waals surface area contributed by atoms with Crippen LogP contribution in [-0.4, -0.2) is 43.4 Å². The summed E-state index contributed by atoms with van der Waals surface area (Å²) in [6.07, 6.45) is 2.50. The van der Waals surface area contributed by atoms with E-state index in [9.17, 15) is 9.59 Å². The lowest BCUT2D eigenvalue weighted by Crippen LogP contribution is -2.19. The summed E-state index contributed by atoms with van der Waals surface area (Å²) < 4.78 is 5.66. The normalized spacial score (nSPS) is 11.1. The zero-order valence-electron chi connectivity index (χ0n) is 15.9. The number of carbonyl (C=O) groups excluding carboxylic acids is 2. The van der Waals surface area contributed by atoms with Crippen molar-refractivity contribution in [1.82, 2.24) is 30.8 Å². The van der Waals surface area contributed by atoms with E-state index < -0.39 is 11.8 Å². The third-order valence-corrected chi connectivity index (χ3v) is 5.06. The van der Waals surface area contributed by atoms with Gasteiger partial charge in [-0.25, -0.2) is 10.4 Å². The second-order valence-corrected chi connectivity index (χ2v) is 8.05. The fourth-order valence-electron chi connectivity index (χ4n) is 2.46. The molecule has 0 unspecified atom stereocenters. The third kappa shape index (κ3) is 5.55. The Kier molecular flexibility index (Phi) is 6.54. The van der Waals surface area contributed by atoms with Crippen molar-refractivity contribution in [2.75, 3.05) is 5.32 Å². The Balaban J connectivity index is 1.29. The van der Waals surface area contributed by atoms with Crippen LogP contribution in [0.2, 0.25) is 10.0 Å². The Morgan fingerprint density at radius 2 is 2.00 bits per heavy atom. The lowest BCUT2D eigenvalue weighted by Gasteiger charge is -1.99. The second kappa shape index (κ2) is 9.68. The number of nitrogens with one attached hydrogen (secondary N) is 3. The van der Waals surface area contributed by atoms with Crippen molar-refractivity contribution < 1.29 is 14.0 Å². The van der Waals surface area contributed by atoms with E-state index >= 15 is 0 Å². The molecule has 14 heteroatoms. The number of nitrogens with zero attached hydrogens (tertiary/aromatic N) is 5. The summed E-state index contributed by atoms with van der Waals surface area (Å²) in [7, 11) is 0. The van der Waals surface area contributed by atoms with Crippen LogP contribution in [0.1, 0.15) is 21.4 Å². The van der Waals surface area contributed by atoms with Crippen molar-refractivity contribution in [2.45, 2.75) is 6.42 Å². The van der Waals surface area contributed by atoms with E-state index in [2.05, 4.69) is 41.2 Å². The summed E-state index contributed by atoms with van der Waals surface area (Å²) in [6.45, 7) is 0. The van der Waals surface area contributed by atoms with Gasteiger partial charge in [0.05, 0.1) is 12.6 Å². The largest absolute Gasteiger partial charge is 0.455 e. The number of H-pyrrole nitrogens is 1. The molecule has 0 atom stereocenters. The number of aromatic amines is 1. The second-order valence-electron chi connectivity index (χ2n) is 6.12. The van der Waals surface area contributed by atoms with Gasteiger partial charge in [-0.3, -0.25) is 20.0 Å². The Morgan fingerprint density at radius 1 is 1.19 bits per heavy atom. The van der Waals surface area contributed by atoms with E-state index in [1.807, 2.05) is 0 Å². The number of carbonyl (C=O) groups is 2. The maximum Gasteiger partial charge on any atom is 0.294 e. The number of hydrogen-bond donors (Lipinski definition) is 3. The van der Waals surface area contributed by atoms with Gasteiger partial charge >= 0.3 is 0 Å². The van der Waals surface area contributed by atoms with Gasteiger partial charge in [-0.2, -0.15) is 10.2 Å². The number of hydrazone groups is 1. The van der Waals surface area contributed by atoms with Crippen molar-refractivity contribution in [3.05, 3.63) is 63.3 Å². The van der Waals surface area contributed by atoms with Crippen LogP contribution in [0.5, 0.6) is 0 Å². The van der Waals surface area contributed by atoms with Crippen LogP contribution in [0.4, 0.5) is 5.13 Å². The molecule has 4 rings (SSSR count). The number of furan rings is 1. The molecule has 1 aromatic carbocycles. The van der Waals surface area contributed by atoms with Gasteiger partial charge in [0.2, 0.25) is 16.9 Å². The van der Waals surface area contributed by atoms with Crippen LogP contribution in [0.3, 0.4) is 0 Å². The molecule has 0 radical (unpaired) electrons. The lowest BCUT2D eigenvalue weighted by atomic mass is 10.2. The molecule has 0 saturated carbocycles. The molecule has 3 aromatic heterocycles. The Labute approximate surface area is 193 Å². The molecule has 0 saturated heterocycles. The summed E-state index contributed by atoms with van der Waals surface area (Å²) in [4.78, 5) is 27.7. The van der Waals surface area contributed by atoms with Crippen LogP contribution in [0, 0.1) is 0 Å². The van der Waals surface area contributed by atoms with Crippen LogP contribution >= 0.6 is 34.5 Å². The summed E-state index contributed by atoms with van der Waals surface area (Å²) in [6, 6.07) is 8.49. The number of halogens is 2. The molecule has 4 aromatic rings. The van der Waals surface area contributed by atoms with Gasteiger partial charge in [0.15, 0.2) is 0 Å². The first-order valence-electron chi connectivity index (χ1n) is 8.83. The average molecular weight is 491 g/mol. The number of rotatable bonds is 7. The first-order valence-corrected chi connectivity index (χ1v) is 10.4. The third-order valence-electron chi connectivity index (χ3n) is 3.78. The molecule has 3 N–H and O–H groups in total. The molecule has 0 aliphatic carbocycles. The minimum absolute atomic E-state index is 0.0355. The SMILES string of the molecule is O=C(Cc1nnc(NC(=O)c2ncn[nH]2)s1)NN=Cc1ccc(-c2cc(Cl)cc(Cl)c2)o1. The molecule has 3 heterocycles. The van der Waals surface area contributed by atoms with Gasteiger partial charge in [-0.1, -0.05) is 34.5 Å². The first kappa shape index (κ1) is 21.6. The van der Waals surface area contributed by atoms with Crippen molar-refractivity contribution in [2.24, 2.45) is 5.10 Å². The van der Waals surface area contributed by atoms with Crippen LogP contribution in [0.15, 0.2) is 46.2 Å². The molecule has 0 fully saturated rings. The monoisotopic (exact) mass is 490 g/mol. The highest BCUT2D eigenvalue weighted by atomic mass is 35.5. The molecule has 32 heavy (non-hydrogen) atoms. The van der Waals surface area contributed by atoms with E-state index in [0.717, 1.165) is 11.3 Å². The maximum absolute atomic E-state index is 12.1. The summed E-state index contributed by atoms with van der Waals surface area (Å²) >= 11 is 13.1. The number of benzene rings is 1. The van der Waals surface area contributed by atoms with Crippen LogP contribution in [-0.2, 0) is 11.2 Å². The van der Waals surface area contributed by atoms with Crippen molar-refractivity contribution in [3.63, 3.8) is 0 Å². The van der Waals surface area contributed by atoms with Gasteiger partial charge in [-0.05, 0) is 30.3 Å². The molecule has 0 bridgehead atoms. The summed E-state index contributed by atoms with van der Waals surface area (Å²) in [5.74, 6) is 0.0741. The molecule has 0 aliphatic rings. The van der Waals surface area contributed by atoms with E-state index in [0.29, 0.717) is 32.1 Å². The topological polar surface area (TPSA) is 151 Å². The molecule has 0 aliphatic heterocycles. The minimum atomic E-state index is -0.517. The molecule has 2 amide bonds. The van der Waals surface area contributed by atoms with E-state index in [4.69, 9.17) is 27.6 Å². The smallest absolute Gasteiger partial charge is 0.294 e. The maximum atomic E-state index is 12.1. The highest BCUT2D eigenvalue weighted by molar-refractivity contribution is 7.15. The zero-order valence-corrected chi connectivity index (χ0v) is 18.2. The van der Waals surface area contributed by atoms with Crippen LogP contribution in [0.25, 0.3) is 11.3 Å². The van der Waals surface area contributed by atoms with E-state index in [-0.39, 0.29) is 17.4 Å². The minimum Gasteiger partial charge on any atom is -0.455 e. The summed E-state index contributed by atoms with van der Waals surface area (Å²) in [5, 5.41) is 21.7. The standard InChI is InChI=1S/C18H12Cl2N8O3S/c19-10-3-9(4-11(20)5-10)13-2-1-12(31-13)7-22-25-14(29)6-15-26-28-18(32-15)24-17(30)16-21-8-23-27-16/h1-5,7-8H,6H2,(H,25,29)(H,21,23,27)(H,24,28,30). The van der Waals surface area contributed by atoms with Gasteiger partial charge in [0.1, 0.15) is 22.9 Å². The van der Waals surface area contributed by atoms with E-state index in [1.165, 1.54) is 12.5 Å². The van der Waals surface area contributed by atoms with Gasteiger partial charge in [0, 0.05) is 15.6 Å². The highest BCUT2D eigenvalue weighted by Gasteiger charge is 2.14. The van der Waals surface area contributed by atoms with Crippen molar-refractivity contribution in [3.8, 4) is 11.3 Å². The number of amides is 2. The van der Waals surface area contributed by atoms with Crippen LogP contribution < -0.4 is 10.7 Å². The average Bonchev–Trinajstić information content (AvgIpc) is 3.49. The quantitative estimate of drug-likeness (QED) is 0.265. The lowest BCUT2D eigenvalue weighted by molar-refractivity contribution is -0.120. The molecule has 162 valence electrons. The van der Waals surface area contributed by atoms with Gasteiger partial charge < -0.3 is 4.42 Å². The predicted octanol–water partition coefficient (Wildman–Crippen LogP) is 3.17. The fourth-order valence-corrected chi connectivity index (χ4v) is 3.72. The highest BCUT2D eigenvalue weighted by Crippen LogP contribution is 2.28. The predicted molar refractivity (Wildman–Crippen MR) is 118 cm³/mol. The summed E-state index contributed by atoms with van der Waals surface area (Å²) in [5.41, 5.74) is 3.09. The molecular formula is C18H12Cl2N8O3S. The number of aromatic nitrogens is 5. The van der Waals surface area contributed by atoms with Gasteiger partial charge in [0.25, 0.3) is 5.91 Å². The van der Waals surface area contributed by atoms with Gasteiger partial charge in [-0.15, -0.1) is 10.2 Å². The first-order chi connectivity index (χ1) is 15.5. The zero-order chi connectivity index (χ0) is 22.5.